The summed E-state index contributed by atoms with van der Waals surface area (Å²) in [5, 5.41) is 0. The van der Waals surface area contributed by atoms with Gasteiger partial charge in [0.1, 0.15) is 11.3 Å². The van der Waals surface area contributed by atoms with Gasteiger partial charge in [0, 0.05) is 0 Å². The summed E-state index contributed by atoms with van der Waals surface area (Å²) in [4.78, 5) is 22.9. The van der Waals surface area contributed by atoms with Crippen LogP contribution in [0.5, 0.6) is 0 Å². The molecule has 0 aliphatic carbocycles. The number of aromatic nitrogens is 4. The van der Waals surface area contributed by atoms with Crippen LogP contribution in [0.1, 0.15) is 5.82 Å². The predicted octanol–water partition coefficient (Wildman–Crippen LogP) is 1.31. The highest BCUT2D eigenvalue weighted by molar-refractivity contribution is 5.81. The Morgan fingerprint density at radius 1 is 1.47 bits per heavy atom. The maximum Gasteiger partial charge on any atom is 0.328 e. The maximum absolute atomic E-state index is 12.0. The Kier molecular flexibility index (Phi) is 3.33. The molecule has 0 amide bonds. The predicted molar refractivity (Wildman–Crippen MR) is 75.8 cm³/mol. The van der Waals surface area contributed by atoms with Crippen molar-refractivity contribution in [2.45, 2.75) is 13.5 Å². The van der Waals surface area contributed by atoms with E-state index in [2.05, 4.69) is 28.1 Å². The van der Waals surface area contributed by atoms with Crippen LogP contribution in [0.2, 0.25) is 0 Å². The van der Waals surface area contributed by atoms with Gasteiger partial charge >= 0.3 is 5.69 Å². The highest BCUT2D eigenvalue weighted by Crippen LogP contribution is 2.14. The Balaban J connectivity index is 2.63. The number of allylic oxidation sites excluding steroid dienone is 4. The van der Waals surface area contributed by atoms with Crippen LogP contribution in [0.3, 0.4) is 0 Å². The van der Waals surface area contributed by atoms with E-state index in [0.717, 1.165) is 5.57 Å². The quantitative estimate of drug-likeness (QED) is 0.808. The summed E-state index contributed by atoms with van der Waals surface area (Å²) in [6.07, 6.45) is 5.10. The van der Waals surface area contributed by atoms with Crippen LogP contribution in [0.4, 0.5) is 5.82 Å². The Morgan fingerprint density at radius 3 is 2.84 bits per heavy atom. The van der Waals surface area contributed by atoms with Gasteiger partial charge < -0.3 is 10.7 Å². The Hall–Kier alpha value is -2.63. The van der Waals surface area contributed by atoms with Crippen molar-refractivity contribution in [3.63, 3.8) is 0 Å². The van der Waals surface area contributed by atoms with Gasteiger partial charge in [-0.15, -0.1) is 0 Å². The second-order valence-corrected chi connectivity index (χ2v) is 4.05. The van der Waals surface area contributed by atoms with E-state index in [4.69, 9.17) is 5.73 Å². The fourth-order valence-corrected chi connectivity index (χ4v) is 1.83. The van der Waals surface area contributed by atoms with Gasteiger partial charge in [0.15, 0.2) is 11.5 Å². The summed E-state index contributed by atoms with van der Waals surface area (Å²) in [5.41, 5.74) is 7.30. The lowest BCUT2D eigenvalue weighted by Crippen LogP contribution is -2.18. The van der Waals surface area contributed by atoms with E-state index >= 15 is 0 Å². The van der Waals surface area contributed by atoms with E-state index in [0.29, 0.717) is 23.5 Å². The molecule has 2 heterocycles. The molecule has 2 rings (SSSR count). The average molecular weight is 257 g/mol. The van der Waals surface area contributed by atoms with E-state index in [9.17, 15) is 4.79 Å². The molecule has 0 atom stereocenters. The zero-order valence-electron chi connectivity index (χ0n) is 10.7. The number of fused-ring (bicyclic) bond motifs is 1. The lowest BCUT2D eigenvalue weighted by Gasteiger charge is -2.04. The van der Waals surface area contributed by atoms with Crippen molar-refractivity contribution in [1.29, 1.82) is 0 Å². The van der Waals surface area contributed by atoms with Crippen molar-refractivity contribution in [2.75, 3.05) is 5.73 Å². The minimum atomic E-state index is -0.279. The number of nitrogens with zero attached hydrogens (tertiary/aromatic N) is 3. The van der Waals surface area contributed by atoms with Crippen molar-refractivity contribution in [1.82, 2.24) is 19.5 Å². The number of imidazole rings is 1. The fraction of sp³-hybridized carbons (Fsp3) is 0.154. The van der Waals surface area contributed by atoms with Gasteiger partial charge in [0.05, 0.1) is 6.54 Å². The molecule has 0 spiro atoms. The summed E-state index contributed by atoms with van der Waals surface area (Å²) in [6, 6.07) is 0. The molecule has 2 aromatic rings. The van der Waals surface area contributed by atoms with Crippen LogP contribution in [-0.4, -0.2) is 19.5 Å². The number of aryl methyl sites for hydroxylation is 1. The summed E-state index contributed by atoms with van der Waals surface area (Å²) in [6.45, 7) is 9.41. The molecule has 0 saturated carbocycles. The molecule has 98 valence electrons. The second kappa shape index (κ2) is 4.93. The summed E-state index contributed by atoms with van der Waals surface area (Å²) >= 11 is 0. The number of H-pyrrole nitrogens is 1. The van der Waals surface area contributed by atoms with Crippen molar-refractivity contribution in [3.8, 4) is 0 Å². The first kappa shape index (κ1) is 12.8. The lowest BCUT2D eigenvalue weighted by molar-refractivity contribution is 0.775. The van der Waals surface area contributed by atoms with Crippen LogP contribution in [0.15, 0.2) is 41.8 Å². The first-order chi connectivity index (χ1) is 9.06. The molecule has 0 fully saturated rings. The molecule has 0 unspecified atom stereocenters. The van der Waals surface area contributed by atoms with E-state index in [-0.39, 0.29) is 11.5 Å². The Morgan fingerprint density at radius 2 is 2.21 bits per heavy atom. The zero-order chi connectivity index (χ0) is 14.0. The number of hydrogen-bond acceptors (Lipinski definition) is 4. The third kappa shape index (κ3) is 2.33. The van der Waals surface area contributed by atoms with E-state index in [1.807, 2.05) is 0 Å². The first-order valence-corrected chi connectivity index (χ1v) is 5.73. The maximum atomic E-state index is 12.0. The van der Waals surface area contributed by atoms with Crippen molar-refractivity contribution in [2.24, 2.45) is 0 Å². The van der Waals surface area contributed by atoms with Crippen LogP contribution >= 0.6 is 0 Å². The molecular weight excluding hydrogens is 242 g/mol. The lowest BCUT2D eigenvalue weighted by atomic mass is 10.2. The van der Waals surface area contributed by atoms with Crippen LogP contribution in [0.25, 0.3) is 11.2 Å². The third-order valence-corrected chi connectivity index (χ3v) is 2.70. The molecule has 2 aromatic heterocycles. The number of nitrogens with one attached hydrogen (secondary N) is 1. The highest BCUT2D eigenvalue weighted by atomic mass is 16.1. The SMILES string of the molecule is C=C/C=C(\C=C)Cn1c(=O)[nH]c2c(N)nc(C)nc21. The summed E-state index contributed by atoms with van der Waals surface area (Å²) < 4.78 is 1.50. The van der Waals surface area contributed by atoms with E-state index in [1.165, 1.54) is 4.57 Å². The molecule has 6 heteroatoms. The molecule has 0 aliphatic heterocycles. The van der Waals surface area contributed by atoms with Gasteiger partial charge in [-0.3, -0.25) is 4.57 Å². The molecule has 0 saturated heterocycles. The number of anilines is 1. The van der Waals surface area contributed by atoms with Gasteiger partial charge in [-0.25, -0.2) is 14.8 Å². The Bertz CT molecular complexity index is 735. The minimum absolute atomic E-state index is 0.270. The van der Waals surface area contributed by atoms with Gasteiger partial charge in [-0.2, -0.15) is 0 Å². The monoisotopic (exact) mass is 257 g/mol. The Labute approximate surface area is 110 Å². The fourth-order valence-electron chi connectivity index (χ4n) is 1.83. The minimum Gasteiger partial charge on any atom is -0.382 e. The molecule has 0 radical (unpaired) electrons. The van der Waals surface area contributed by atoms with Crippen LogP contribution in [-0.2, 0) is 6.54 Å². The molecular formula is C13H15N5O. The van der Waals surface area contributed by atoms with Crippen molar-refractivity contribution in [3.05, 3.63) is 53.3 Å². The first-order valence-electron chi connectivity index (χ1n) is 5.73. The van der Waals surface area contributed by atoms with Crippen molar-refractivity contribution < 1.29 is 0 Å². The number of nitrogens with two attached hydrogens (primary N) is 1. The van der Waals surface area contributed by atoms with E-state index in [1.54, 1.807) is 25.2 Å². The smallest absolute Gasteiger partial charge is 0.328 e. The zero-order valence-corrected chi connectivity index (χ0v) is 10.7. The molecule has 0 bridgehead atoms. The normalized spacial score (nSPS) is 11.7. The molecule has 0 aliphatic rings. The summed E-state index contributed by atoms with van der Waals surface area (Å²) in [5.74, 6) is 0.789. The van der Waals surface area contributed by atoms with Gasteiger partial charge in [0.2, 0.25) is 0 Å². The standard InChI is InChI=1S/C13H15N5O/c1-4-6-9(5-2)7-18-12-10(17-13(18)19)11(14)15-8(3)16-12/h4-6H,1-2,7H2,3H3,(H,17,19)(H2,14,15,16)/b9-6+. The van der Waals surface area contributed by atoms with Gasteiger partial charge in [-0.1, -0.05) is 31.4 Å². The topological polar surface area (TPSA) is 89.6 Å². The highest BCUT2D eigenvalue weighted by Gasteiger charge is 2.12. The largest absolute Gasteiger partial charge is 0.382 e. The van der Waals surface area contributed by atoms with Crippen LogP contribution < -0.4 is 11.4 Å². The number of nitrogen functional groups attached to an aromatic ring is 1. The van der Waals surface area contributed by atoms with Crippen LogP contribution in [0, 0.1) is 6.92 Å². The molecule has 19 heavy (non-hydrogen) atoms. The number of rotatable bonds is 4. The molecule has 3 N–H and O–H groups in total. The second-order valence-electron chi connectivity index (χ2n) is 4.05. The van der Waals surface area contributed by atoms with E-state index < -0.39 is 0 Å². The number of hydrogen-bond donors (Lipinski definition) is 2. The number of aromatic amines is 1. The third-order valence-electron chi connectivity index (χ3n) is 2.70. The van der Waals surface area contributed by atoms with Gasteiger partial charge in [0.25, 0.3) is 0 Å². The van der Waals surface area contributed by atoms with Gasteiger partial charge in [-0.05, 0) is 12.5 Å². The molecule has 6 nitrogen and oxygen atoms in total. The van der Waals surface area contributed by atoms with Crippen molar-refractivity contribution >= 4 is 17.0 Å². The molecule has 0 aromatic carbocycles. The summed E-state index contributed by atoms with van der Waals surface area (Å²) in [7, 11) is 0. The average Bonchev–Trinajstić information content (AvgIpc) is 2.66.